The Balaban J connectivity index is 3.02. The van der Waals surface area contributed by atoms with Crippen molar-refractivity contribution in [3.63, 3.8) is 0 Å². The number of nitrogens with two attached hydrogens (primary N) is 1. The summed E-state index contributed by atoms with van der Waals surface area (Å²) in [6.45, 7) is 2.65. The second kappa shape index (κ2) is 6.33. The van der Waals surface area contributed by atoms with E-state index in [4.69, 9.17) is 29.6 Å². The molecule has 1 aromatic rings. The molecule has 17 heavy (non-hydrogen) atoms. The molecule has 0 radical (unpaired) electrons. The lowest BCUT2D eigenvalue weighted by Crippen LogP contribution is -2.37. The van der Waals surface area contributed by atoms with Gasteiger partial charge in [-0.2, -0.15) is 0 Å². The monoisotopic (exact) mass is 334 g/mol. The SMILES string of the molecule is CCN(CC(N)=S)C(=O)c1cccc(Br)c1Cl. The summed E-state index contributed by atoms with van der Waals surface area (Å²) in [5.41, 5.74) is 5.89. The van der Waals surface area contributed by atoms with Crippen LogP contribution >= 0.6 is 39.7 Å². The minimum absolute atomic E-state index is 0.174. The minimum atomic E-state index is -0.174. The Bertz CT molecular complexity index is 453. The van der Waals surface area contributed by atoms with Gasteiger partial charge in [0, 0.05) is 11.0 Å². The molecule has 92 valence electrons. The van der Waals surface area contributed by atoms with Gasteiger partial charge in [-0.15, -0.1) is 0 Å². The summed E-state index contributed by atoms with van der Waals surface area (Å²) in [6.07, 6.45) is 0. The smallest absolute Gasteiger partial charge is 0.255 e. The van der Waals surface area contributed by atoms with Crippen LogP contribution in [-0.2, 0) is 0 Å². The Morgan fingerprint density at radius 2 is 2.24 bits per heavy atom. The normalized spacial score (nSPS) is 10.1. The summed E-state index contributed by atoms with van der Waals surface area (Å²) >= 11 is 14.2. The van der Waals surface area contributed by atoms with Crippen molar-refractivity contribution in [2.24, 2.45) is 5.73 Å². The zero-order valence-corrected chi connectivity index (χ0v) is 12.4. The van der Waals surface area contributed by atoms with Gasteiger partial charge in [0.25, 0.3) is 5.91 Å². The van der Waals surface area contributed by atoms with E-state index in [1.807, 2.05) is 6.92 Å². The topological polar surface area (TPSA) is 46.3 Å². The Kier molecular flexibility index (Phi) is 5.36. The van der Waals surface area contributed by atoms with Gasteiger partial charge in [0.2, 0.25) is 0 Å². The highest BCUT2D eigenvalue weighted by Gasteiger charge is 2.18. The lowest BCUT2D eigenvalue weighted by Gasteiger charge is -2.20. The van der Waals surface area contributed by atoms with Crippen molar-refractivity contribution in [1.29, 1.82) is 0 Å². The van der Waals surface area contributed by atoms with Gasteiger partial charge >= 0.3 is 0 Å². The Morgan fingerprint density at radius 3 is 2.76 bits per heavy atom. The van der Waals surface area contributed by atoms with E-state index in [1.54, 1.807) is 23.1 Å². The number of carbonyl (C=O) groups is 1. The molecule has 0 saturated heterocycles. The number of nitrogens with zero attached hydrogens (tertiary/aromatic N) is 1. The fourth-order valence-corrected chi connectivity index (χ4v) is 2.08. The number of halogens is 2. The maximum atomic E-state index is 12.2. The van der Waals surface area contributed by atoms with Gasteiger partial charge in [-0.25, -0.2) is 0 Å². The third kappa shape index (κ3) is 3.66. The van der Waals surface area contributed by atoms with Gasteiger partial charge < -0.3 is 10.6 Å². The van der Waals surface area contributed by atoms with Crippen LogP contribution in [-0.4, -0.2) is 28.9 Å². The quantitative estimate of drug-likeness (QED) is 0.861. The minimum Gasteiger partial charge on any atom is -0.392 e. The molecule has 0 aromatic heterocycles. The van der Waals surface area contributed by atoms with Crippen molar-refractivity contribution >= 4 is 50.6 Å². The number of thiocarbonyl (C=S) groups is 1. The summed E-state index contributed by atoms with van der Waals surface area (Å²) < 4.78 is 0.691. The molecule has 0 aliphatic carbocycles. The van der Waals surface area contributed by atoms with Gasteiger partial charge in [0.1, 0.15) is 0 Å². The third-order valence-corrected chi connectivity index (χ3v) is 3.62. The van der Waals surface area contributed by atoms with Gasteiger partial charge in [0.05, 0.1) is 22.1 Å². The highest BCUT2D eigenvalue weighted by molar-refractivity contribution is 9.10. The van der Waals surface area contributed by atoms with Crippen LogP contribution in [0.3, 0.4) is 0 Å². The summed E-state index contributed by atoms with van der Waals surface area (Å²) in [6, 6.07) is 5.22. The van der Waals surface area contributed by atoms with E-state index in [-0.39, 0.29) is 17.4 Å². The lowest BCUT2D eigenvalue weighted by atomic mass is 10.2. The molecule has 1 aromatic carbocycles. The predicted molar refractivity (Wildman–Crippen MR) is 77.5 cm³/mol. The second-order valence-electron chi connectivity index (χ2n) is 3.39. The van der Waals surface area contributed by atoms with Gasteiger partial charge in [-0.05, 0) is 35.0 Å². The average Bonchev–Trinajstić information content (AvgIpc) is 2.28. The van der Waals surface area contributed by atoms with E-state index in [0.717, 1.165) is 0 Å². The van der Waals surface area contributed by atoms with Crippen molar-refractivity contribution in [1.82, 2.24) is 4.90 Å². The Hall–Kier alpha value is -0.650. The van der Waals surface area contributed by atoms with Crippen molar-refractivity contribution in [3.05, 3.63) is 33.3 Å². The maximum Gasteiger partial charge on any atom is 0.255 e. The molecule has 0 unspecified atom stereocenters. The Labute approximate surface area is 119 Å². The number of rotatable bonds is 4. The highest BCUT2D eigenvalue weighted by Crippen LogP contribution is 2.26. The van der Waals surface area contributed by atoms with Crippen molar-refractivity contribution in [3.8, 4) is 0 Å². The number of hydrogen-bond donors (Lipinski definition) is 1. The van der Waals surface area contributed by atoms with E-state index in [9.17, 15) is 4.79 Å². The van der Waals surface area contributed by atoms with Crippen LogP contribution in [0.5, 0.6) is 0 Å². The number of amides is 1. The largest absolute Gasteiger partial charge is 0.392 e. The standard InChI is InChI=1S/C11H12BrClN2OS/c1-2-15(6-9(14)17)11(16)7-4-3-5-8(12)10(7)13/h3-5H,2,6H2,1H3,(H2,14,17). The molecule has 0 atom stereocenters. The van der Waals surface area contributed by atoms with Crippen LogP contribution in [0.15, 0.2) is 22.7 Å². The number of benzene rings is 1. The third-order valence-electron chi connectivity index (χ3n) is 2.20. The van der Waals surface area contributed by atoms with E-state index < -0.39 is 0 Å². The molecule has 1 amide bonds. The second-order valence-corrected chi connectivity index (χ2v) is 5.14. The fraction of sp³-hybridized carbons (Fsp3) is 0.273. The van der Waals surface area contributed by atoms with E-state index >= 15 is 0 Å². The summed E-state index contributed by atoms with van der Waals surface area (Å²) in [5.74, 6) is -0.174. The van der Waals surface area contributed by atoms with Crippen LogP contribution in [0, 0.1) is 0 Å². The van der Waals surface area contributed by atoms with Gasteiger partial charge in [-0.1, -0.05) is 29.9 Å². The van der Waals surface area contributed by atoms with Crippen LogP contribution in [0.1, 0.15) is 17.3 Å². The first-order valence-corrected chi connectivity index (χ1v) is 6.56. The Morgan fingerprint density at radius 1 is 1.59 bits per heavy atom. The molecule has 6 heteroatoms. The van der Waals surface area contributed by atoms with Crippen LogP contribution in [0.4, 0.5) is 0 Å². The predicted octanol–water partition coefficient (Wildman–Crippen LogP) is 2.85. The molecular weight excluding hydrogens is 324 g/mol. The molecule has 1 rings (SSSR count). The lowest BCUT2D eigenvalue weighted by molar-refractivity contribution is 0.0788. The molecule has 0 heterocycles. The molecule has 0 aliphatic heterocycles. The summed E-state index contributed by atoms with van der Waals surface area (Å²) in [4.78, 5) is 14.0. The van der Waals surface area contributed by atoms with E-state index in [2.05, 4.69) is 15.9 Å². The average molecular weight is 336 g/mol. The van der Waals surface area contributed by atoms with Gasteiger partial charge in [0.15, 0.2) is 0 Å². The molecule has 0 bridgehead atoms. The first-order valence-electron chi connectivity index (χ1n) is 4.99. The molecule has 2 N–H and O–H groups in total. The number of carbonyl (C=O) groups excluding carboxylic acids is 1. The molecule has 0 aliphatic rings. The van der Waals surface area contributed by atoms with Crippen LogP contribution in [0.25, 0.3) is 0 Å². The molecule has 0 spiro atoms. The van der Waals surface area contributed by atoms with Crippen LogP contribution in [0.2, 0.25) is 5.02 Å². The fourth-order valence-electron chi connectivity index (χ4n) is 1.35. The molecule has 0 saturated carbocycles. The van der Waals surface area contributed by atoms with Gasteiger partial charge in [-0.3, -0.25) is 4.79 Å². The van der Waals surface area contributed by atoms with Crippen LogP contribution < -0.4 is 5.73 Å². The first-order chi connectivity index (χ1) is 7.97. The van der Waals surface area contributed by atoms with E-state index in [0.29, 0.717) is 21.6 Å². The highest BCUT2D eigenvalue weighted by atomic mass is 79.9. The van der Waals surface area contributed by atoms with Crippen molar-refractivity contribution < 1.29 is 4.79 Å². The number of hydrogen-bond acceptors (Lipinski definition) is 2. The summed E-state index contributed by atoms with van der Waals surface area (Å²) in [5, 5.41) is 0.402. The molecular formula is C11H12BrClN2OS. The zero-order valence-electron chi connectivity index (χ0n) is 9.24. The summed E-state index contributed by atoms with van der Waals surface area (Å²) in [7, 11) is 0. The molecule has 3 nitrogen and oxygen atoms in total. The first kappa shape index (κ1) is 14.4. The van der Waals surface area contributed by atoms with Crippen molar-refractivity contribution in [2.45, 2.75) is 6.92 Å². The van der Waals surface area contributed by atoms with Crippen molar-refractivity contribution in [2.75, 3.05) is 13.1 Å². The van der Waals surface area contributed by atoms with E-state index in [1.165, 1.54) is 0 Å². The molecule has 0 fully saturated rings. The maximum absolute atomic E-state index is 12.2. The number of likely N-dealkylation sites (N-methyl/N-ethyl adjacent to an activating group) is 1. The zero-order chi connectivity index (χ0) is 13.0.